The zero-order valence-corrected chi connectivity index (χ0v) is 16.9. The lowest BCUT2D eigenvalue weighted by Crippen LogP contribution is -2.28. The Kier molecular flexibility index (Phi) is 6.65. The van der Waals surface area contributed by atoms with Gasteiger partial charge in [0.2, 0.25) is 5.91 Å². The number of amides is 1. The van der Waals surface area contributed by atoms with Crippen molar-refractivity contribution in [2.75, 3.05) is 19.0 Å². The van der Waals surface area contributed by atoms with Crippen LogP contribution in [0.25, 0.3) is 10.9 Å². The lowest BCUT2D eigenvalue weighted by molar-refractivity contribution is -0.115. The third kappa shape index (κ3) is 4.65. The fourth-order valence-corrected chi connectivity index (χ4v) is 3.69. The number of nitrogens with zero attached hydrogens (tertiary/aromatic N) is 3. The van der Waals surface area contributed by atoms with Crippen LogP contribution in [0.4, 0.5) is 5.69 Å². The van der Waals surface area contributed by atoms with Gasteiger partial charge in [-0.25, -0.2) is 4.98 Å². The molecule has 0 spiro atoms. The topological polar surface area (TPSA) is 97.0 Å². The van der Waals surface area contributed by atoms with Gasteiger partial charge >= 0.3 is 0 Å². The molecule has 0 aliphatic carbocycles. The van der Waals surface area contributed by atoms with Gasteiger partial charge in [-0.15, -0.1) is 0 Å². The number of rotatable bonds is 7. The lowest BCUT2D eigenvalue weighted by atomic mass is 10.2. The summed E-state index contributed by atoms with van der Waals surface area (Å²) in [6.07, 6.45) is 0. The molecular formula is C21H20N4O3S. The Morgan fingerprint density at radius 2 is 2.00 bits per heavy atom. The number of aromatic nitrogens is 2. The van der Waals surface area contributed by atoms with E-state index in [4.69, 9.17) is 4.74 Å². The summed E-state index contributed by atoms with van der Waals surface area (Å²) >= 11 is 1.19. The van der Waals surface area contributed by atoms with Gasteiger partial charge in [-0.2, -0.15) is 5.26 Å². The molecule has 2 aromatic carbocycles. The Bertz CT molecular complexity index is 1140. The van der Waals surface area contributed by atoms with Crippen molar-refractivity contribution in [1.29, 1.82) is 5.26 Å². The predicted molar refractivity (Wildman–Crippen MR) is 113 cm³/mol. The highest BCUT2D eigenvalue weighted by atomic mass is 32.2. The summed E-state index contributed by atoms with van der Waals surface area (Å²) in [5.41, 5.74) is 1.25. The molecular weight excluding hydrogens is 388 g/mol. The van der Waals surface area contributed by atoms with Gasteiger partial charge in [0.1, 0.15) is 6.07 Å². The van der Waals surface area contributed by atoms with E-state index in [1.165, 1.54) is 16.3 Å². The molecule has 3 aromatic rings. The SMILES string of the molecule is COCCn1c(S[C@@H](C)C(=O)Nc2ccccc2C#N)nc2ccccc2c1=O. The van der Waals surface area contributed by atoms with E-state index < -0.39 is 5.25 Å². The van der Waals surface area contributed by atoms with Crippen LogP contribution in [-0.2, 0) is 16.1 Å². The maximum Gasteiger partial charge on any atom is 0.262 e. The first-order valence-electron chi connectivity index (χ1n) is 9.00. The molecule has 29 heavy (non-hydrogen) atoms. The number of benzene rings is 2. The molecule has 0 fully saturated rings. The van der Waals surface area contributed by atoms with Gasteiger partial charge in [0.25, 0.3) is 5.56 Å². The van der Waals surface area contributed by atoms with Crippen molar-refractivity contribution < 1.29 is 9.53 Å². The number of hydrogen-bond acceptors (Lipinski definition) is 6. The molecule has 1 N–H and O–H groups in total. The van der Waals surface area contributed by atoms with Crippen molar-refractivity contribution >= 4 is 34.3 Å². The molecule has 1 atom stereocenters. The van der Waals surface area contributed by atoms with Gasteiger partial charge in [-0.05, 0) is 31.2 Å². The van der Waals surface area contributed by atoms with Crippen LogP contribution in [0.2, 0.25) is 0 Å². The van der Waals surface area contributed by atoms with E-state index in [0.717, 1.165) is 0 Å². The zero-order valence-electron chi connectivity index (χ0n) is 16.1. The summed E-state index contributed by atoms with van der Waals surface area (Å²) in [6, 6.07) is 16.0. The van der Waals surface area contributed by atoms with E-state index in [1.54, 1.807) is 56.5 Å². The monoisotopic (exact) mass is 408 g/mol. The number of fused-ring (bicyclic) bond motifs is 1. The molecule has 0 radical (unpaired) electrons. The Hall–Kier alpha value is -3.15. The van der Waals surface area contributed by atoms with Crippen LogP contribution in [0.3, 0.4) is 0 Å². The van der Waals surface area contributed by atoms with Crippen molar-refractivity contribution in [3.8, 4) is 6.07 Å². The summed E-state index contributed by atoms with van der Waals surface area (Å²) in [4.78, 5) is 30.2. The normalized spacial score (nSPS) is 11.8. The highest BCUT2D eigenvalue weighted by Crippen LogP contribution is 2.24. The molecule has 0 saturated heterocycles. The van der Waals surface area contributed by atoms with Crippen molar-refractivity contribution in [3.63, 3.8) is 0 Å². The quantitative estimate of drug-likeness (QED) is 0.477. The average Bonchev–Trinajstić information content (AvgIpc) is 2.74. The Labute approximate surface area is 172 Å². The number of carbonyl (C=O) groups excluding carboxylic acids is 1. The van der Waals surface area contributed by atoms with E-state index in [2.05, 4.69) is 16.4 Å². The summed E-state index contributed by atoms with van der Waals surface area (Å²) in [6.45, 7) is 2.42. The third-order valence-corrected chi connectivity index (χ3v) is 5.39. The van der Waals surface area contributed by atoms with Crippen LogP contribution in [-0.4, -0.2) is 34.4 Å². The lowest BCUT2D eigenvalue weighted by Gasteiger charge is -2.16. The second-order valence-electron chi connectivity index (χ2n) is 6.27. The van der Waals surface area contributed by atoms with E-state index in [9.17, 15) is 14.9 Å². The summed E-state index contributed by atoms with van der Waals surface area (Å²) in [5, 5.41) is 12.4. The van der Waals surface area contributed by atoms with Crippen molar-refractivity contribution in [1.82, 2.24) is 9.55 Å². The molecule has 0 aliphatic rings. The molecule has 0 saturated carbocycles. The van der Waals surface area contributed by atoms with Gasteiger partial charge in [-0.3, -0.25) is 14.2 Å². The van der Waals surface area contributed by atoms with Gasteiger partial charge in [0.15, 0.2) is 5.16 Å². The Balaban J connectivity index is 1.89. The minimum atomic E-state index is -0.538. The standard InChI is InChI=1S/C21H20N4O3S/c1-14(19(26)23-17-9-5-3-7-15(17)13-22)29-21-24-18-10-6-4-8-16(18)20(27)25(21)11-12-28-2/h3-10,14H,11-12H2,1-2H3,(H,23,26)/t14-/m0/s1. The number of hydrogen-bond donors (Lipinski definition) is 1. The largest absolute Gasteiger partial charge is 0.383 e. The van der Waals surface area contributed by atoms with Crippen molar-refractivity contribution in [2.24, 2.45) is 0 Å². The third-order valence-electron chi connectivity index (χ3n) is 4.30. The number of anilines is 1. The van der Waals surface area contributed by atoms with Gasteiger partial charge < -0.3 is 10.1 Å². The number of carbonyl (C=O) groups is 1. The van der Waals surface area contributed by atoms with E-state index in [1.807, 2.05) is 6.07 Å². The van der Waals surface area contributed by atoms with Gasteiger partial charge in [-0.1, -0.05) is 36.0 Å². The number of nitriles is 1. The van der Waals surface area contributed by atoms with Crippen LogP contribution < -0.4 is 10.9 Å². The number of nitrogens with one attached hydrogen (secondary N) is 1. The molecule has 148 valence electrons. The van der Waals surface area contributed by atoms with Crippen molar-refractivity contribution in [2.45, 2.75) is 23.9 Å². The fourth-order valence-electron chi connectivity index (χ4n) is 2.75. The predicted octanol–water partition coefficient (Wildman–Crippen LogP) is 3.03. The van der Waals surface area contributed by atoms with Crippen LogP contribution in [0, 0.1) is 11.3 Å². The van der Waals surface area contributed by atoms with Crippen LogP contribution >= 0.6 is 11.8 Å². The first kappa shape index (κ1) is 20.6. The van der Waals surface area contributed by atoms with E-state index >= 15 is 0 Å². The second-order valence-corrected chi connectivity index (χ2v) is 7.58. The summed E-state index contributed by atoms with van der Waals surface area (Å²) in [5.74, 6) is -0.279. The summed E-state index contributed by atoms with van der Waals surface area (Å²) < 4.78 is 6.65. The maximum atomic E-state index is 12.9. The number of ether oxygens (including phenoxy) is 1. The molecule has 1 aromatic heterocycles. The van der Waals surface area contributed by atoms with Crippen LogP contribution in [0.15, 0.2) is 58.5 Å². The average molecular weight is 408 g/mol. The molecule has 0 aliphatic heterocycles. The first-order chi connectivity index (χ1) is 14.0. The Morgan fingerprint density at radius 3 is 2.76 bits per heavy atom. The molecule has 0 unspecified atom stereocenters. The molecule has 3 rings (SSSR count). The van der Waals surface area contributed by atoms with Crippen LogP contribution in [0.1, 0.15) is 12.5 Å². The smallest absolute Gasteiger partial charge is 0.262 e. The highest BCUT2D eigenvalue weighted by Gasteiger charge is 2.20. The Morgan fingerprint density at radius 1 is 1.28 bits per heavy atom. The molecule has 7 nitrogen and oxygen atoms in total. The first-order valence-corrected chi connectivity index (χ1v) is 9.88. The van der Waals surface area contributed by atoms with E-state index in [0.29, 0.717) is 40.5 Å². The molecule has 0 bridgehead atoms. The number of thioether (sulfide) groups is 1. The van der Waals surface area contributed by atoms with Crippen molar-refractivity contribution in [3.05, 3.63) is 64.4 Å². The van der Waals surface area contributed by atoms with Gasteiger partial charge in [0.05, 0.1) is 40.6 Å². The minimum Gasteiger partial charge on any atom is -0.383 e. The molecule has 8 heteroatoms. The van der Waals surface area contributed by atoms with E-state index in [-0.39, 0.29) is 11.5 Å². The summed E-state index contributed by atoms with van der Waals surface area (Å²) in [7, 11) is 1.56. The molecule has 1 heterocycles. The molecule has 1 amide bonds. The van der Waals surface area contributed by atoms with Crippen LogP contribution in [0.5, 0.6) is 0 Å². The maximum absolute atomic E-state index is 12.9. The number of methoxy groups -OCH3 is 1. The number of para-hydroxylation sites is 2. The minimum absolute atomic E-state index is 0.169. The highest BCUT2D eigenvalue weighted by molar-refractivity contribution is 8.00. The zero-order chi connectivity index (χ0) is 20.8. The second kappa shape index (κ2) is 9.37. The fraction of sp³-hybridized carbons (Fsp3) is 0.238. The van der Waals surface area contributed by atoms with Gasteiger partial charge in [0, 0.05) is 7.11 Å².